The minimum Gasteiger partial charge on any atom is -0.480 e. The molecule has 0 fully saturated rings. The number of hydrogen-bond acceptors (Lipinski definition) is 3. The summed E-state index contributed by atoms with van der Waals surface area (Å²) in [5.41, 5.74) is 1.85. The van der Waals surface area contributed by atoms with E-state index in [1.807, 2.05) is 24.3 Å². The molecule has 0 spiro atoms. The number of benzene rings is 2. The van der Waals surface area contributed by atoms with Crippen LogP contribution in [0.25, 0.3) is 0 Å². The number of carboxylic acid groups (broad SMARTS) is 1. The van der Waals surface area contributed by atoms with Gasteiger partial charge in [-0.3, -0.25) is 4.90 Å². The van der Waals surface area contributed by atoms with Crippen molar-refractivity contribution in [2.75, 3.05) is 0 Å². The third-order valence-electron chi connectivity index (χ3n) is 4.76. The molecule has 2 aromatic rings. The summed E-state index contributed by atoms with van der Waals surface area (Å²) in [4.78, 5) is 26.2. The van der Waals surface area contributed by atoms with Crippen LogP contribution in [0, 0.1) is 5.82 Å². The lowest BCUT2D eigenvalue weighted by Crippen LogP contribution is -2.52. The number of halogens is 1. The van der Waals surface area contributed by atoms with Crippen LogP contribution in [0.1, 0.15) is 43.4 Å². The number of carbonyl (C=O) groups is 2. The molecule has 148 valence electrons. The Kier molecular flexibility index (Phi) is 5.40. The fourth-order valence-corrected chi connectivity index (χ4v) is 3.61. The lowest BCUT2D eigenvalue weighted by molar-refractivity contribution is -0.144. The number of carboxylic acids is 1. The zero-order chi connectivity index (χ0) is 20.5. The SMILES string of the molecule is CC(C)(C)OC(=O)N1Cc2ccccc2[C@@H](Cc2ccc(F)cc2)[C@@H]1C(=O)O. The summed E-state index contributed by atoms with van der Waals surface area (Å²) in [7, 11) is 0. The van der Waals surface area contributed by atoms with E-state index in [0.29, 0.717) is 6.42 Å². The number of amides is 1. The second-order valence-electron chi connectivity index (χ2n) is 8.03. The van der Waals surface area contributed by atoms with Gasteiger partial charge in [-0.1, -0.05) is 36.4 Å². The molecule has 1 aliphatic heterocycles. The summed E-state index contributed by atoms with van der Waals surface area (Å²) in [6.45, 7) is 5.40. The smallest absolute Gasteiger partial charge is 0.411 e. The minimum absolute atomic E-state index is 0.169. The van der Waals surface area contributed by atoms with Crippen LogP contribution in [0.4, 0.5) is 9.18 Å². The molecule has 0 bridgehead atoms. The van der Waals surface area contributed by atoms with Gasteiger partial charge in [0.05, 0.1) is 6.54 Å². The first-order valence-electron chi connectivity index (χ1n) is 9.20. The Morgan fingerprint density at radius 1 is 1.14 bits per heavy atom. The lowest BCUT2D eigenvalue weighted by atomic mass is 9.79. The normalized spacial score (nSPS) is 19.1. The van der Waals surface area contributed by atoms with Gasteiger partial charge in [-0.2, -0.15) is 0 Å². The largest absolute Gasteiger partial charge is 0.480 e. The second-order valence-corrected chi connectivity index (χ2v) is 8.03. The number of nitrogens with zero attached hydrogens (tertiary/aromatic N) is 1. The van der Waals surface area contributed by atoms with Crippen LogP contribution in [0.5, 0.6) is 0 Å². The van der Waals surface area contributed by atoms with Crippen molar-refractivity contribution in [3.05, 3.63) is 71.0 Å². The van der Waals surface area contributed by atoms with Crippen LogP contribution in [-0.4, -0.2) is 33.7 Å². The molecule has 2 atom stereocenters. The predicted molar refractivity (Wildman–Crippen MR) is 102 cm³/mol. The van der Waals surface area contributed by atoms with Gasteiger partial charge in [0.15, 0.2) is 0 Å². The molecule has 1 heterocycles. The quantitative estimate of drug-likeness (QED) is 0.853. The van der Waals surface area contributed by atoms with E-state index in [1.54, 1.807) is 32.9 Å². The lowest BCUT2D eigenvalue weighted by Gasteiger charge is -2.40. The summed E-state index contributed by atoms with van der Waals surface area (Å²) < 4.78 is 18.7. The molecule has 28 heavy (non-hydrogen) atoms. The molecule has 1 amide bonds. The van der Waals surface area contributed by atoms with Crippen LogP contribution < -0.4 is 0 Å². The first-order chi connectivity index (χ1) is 13.2. The molecule has 0 unspecified atom stereocenters. The van der Waals surface area contributed by atoms with Gasteiger partial charge in [0.2, 0.25) is 0 Å². The number of ether oxygens (including phenoxy) is 1. The van der Waals surface area contributed by atoms with Gasteiger partial charge < -0.3 is 9.84 Å². The topological polar surface area (TPSA) is 66.8 Å². The Balaban J connectivity index is 2.01. The highest BCUT2D eigenvalue weighted by Crippen LogP contribution is 2.37. The molecule has 0 saturated carbocycles. The summed E-state index contributed by atoms with van der Waals surface area (Å²) in [6, 6.07) is 12.4. The average Bonchev–Trinajstić information content (AvgIpc) is 2.61. The molecule has 6 heteroatoms. The number of fused-ring (bicyclic) bond motifs is 1. The Labute approximate surface area is 163 Å². The first kappa shape index (κ1) is 19.9. The third kappa shape index (κ3) is 4.32. The zero-order valence-electron chi connectivity index (χ0n) is 16.2. The molecular formula is C22H24FNO4. The average molecular weight is 385 g/mol. The third-order valence-corrected chi connectivity index (χ3v) is 4.76. The number of hydrogen-bond donors (Lipinski definition) is 1. The summed E-state index contributed by atoms with van der Waals surface area (Å²) in [6.07, 6.45) is -0.286. The van der Waals surface area contributed by atoms with Crippen LogP contribution in [-0.2, 0) is 22.5 Å². The van der Waals surface area contributed by atoms with Crippen molar-refractivity contribution in [3.8, 4) is 0 Å². The van der Waals surface area contributed by atoms with Gasteiger partial charge >= 0.3 is 12.1 Å². The van der Waals surface area contributed by atoms with Gasteiger partial charge in [-0.05, 0) is 56.0 Å². The van der Waals surface area contributed by atoms with E-state index in [2.05, 4.69) is 0 Å². The van der Waals surface area contributed by atoms with Crippen LogP contribution in [0.2, 0.25) is 0 Å². The predicted octanol–water partition coefficient (Wildman–Crippen LogP) is 4.36. The van der Waals surface area contributed by atoms with Crippen LogP contribution in [0.15, 0.2) is 48.5 Å². The Hall–Kier alpha value is -2.89. The molecule has 0 radical (unpaired) electrons. The standard InChI is InChI=1S/C22H24FNO4/c1-22(2,3)28-21(27)24-13-15-6-4-5-7-17(15)18(19(24)20(25)26)12-14-8-10-16(23)11-9-14/h4-11,18-19H,12-13H2,1-3H3,(H,25,26)/t18-,19-/m1/s1. The summed E-state index contributed by atoms with van der Waals surface area (Å²) >= 11 is 0. The van der Waals surface area contributed by atoms with Crippen molar-refractivity contribution in [1.29, 1.82) is 0 Å². The molecule has 1 N–H and O–H groups in total. The zero-order valence-corrected chi connectivity index (χ0v) is 16.2. The maximum atomic E-state index is 13.3. The van der Waals surface area contributed by atoms with E-state index < -0.39 is 29.6 Å². The van der Waals surface area contributed by atoms with E-state index >= 15 is 0 Å². The van der Waals surface area contributed by atoms with Gasteiger partial charge in [0, 0.05) is 5.92 Å². The number of rotatable bonds is 3. The number of aliphatic carboxylic acids is 1. The highest BCUT2D eigenvalue weighted by molar-refractivity contribution is 5.82. The van der Waals surface area contributed by atoms with E-state index in [9.17, 15) is 19.1 Å². The van der Waals surface area contributed by atoms with Crippen molar-refractivity contribution < 1.29 is 23.8 Å². The van der Waals surface area contributed by atoms with E-state index in [-0.39, 0.29) is 12.4 Å². The molecule has 0 saturated heterocycles. The van der Waals surface area contributed by atoms with Crippen molar-refractivity contribution in [1.82, 2.24) is 4.90 Å². The van der Waals surface area contributed by atoms with Crippen LogP contribution in [0.3, 0.4) is 0 Å². The monoisotopic (exact) mass is 385 g/mol. The molecule has 5 nitrogen and oxygen atoms in total. The molecule has 0 aliphatic carbocycles. The van der Waals surface area contributed by atoms with Crippen molar-refractivity contribution >= 4 is 12.1 Å². The summed E-state index contributed by atoms with van der Waals surface area (Å²) in [5, 5.41) is 9.96. The maximum Gasteiger partial charge on any atom is 0.411 e. The molecule has 1 aliphatic rings. The highest BCUT2D eigenvalue weighted by Gasteiger charge is 2.43. The van der Waals surface area contributed by atoms with E-state index in [1.165, 1.54) is 17.0 Å². The summed E-state index contributed by atoms with van der Waals surface area (Å²) in [5.74, 6) is -1.91. The van der Waals surface area contributed by atoms with Crippen molar-refractivity contribution in [3.63, 3.8) is 0 Å². The molecule has 0 aromatic heterocycles. The first-order valence-corrected chi connectivity index (χ1v) is 9.20. The number of carbonyl (C=O) groups excluding carboxylic acids is 1. The highest BCUT2D eigenvalue weighted by atomic mass is 19.1. The fraction of sp³-hybridized carbons (Fsp3) is 0.364. The van der Waals surface area contributed by atoms with Crippen molar-refractivity contribution in [2.24, 2.45) is 0 Å². The minimum atomic E-state index is -1.09. The second kappa shape index (κ2) is 7.62. The van der Waals surface area contributed by atoms with Gasteiger partial charge in [-0.15, -0.1) is 0 Å². The Morgan fingerprint density at radius 3 is 2.39 bits per heavy atom. The van der Waals surface area contributed by atoms with Gasteiger partial charge in [-0.25, -0.2) is 14.0 Å². The van der Waals surface area contributed by atoms with Gasteiger partial charge in [0.1, 0.15) is 17.5 Å². The van der Waals surface area contributed by atoms with Gasteiger partial charge in [0.25, 0.3) is 0 Å². The van der Waals surface area contributed by atoms with Crippen molar-refractivity contribution in [2.45, 2.75) is 51.3 Å². The Morgan fingerprint density at radius 2 is 1.79 bits per heavy atom. The maximum absolute atomic E-state index is 13.3. The van der Waals surface area contributed by atoms with E-state index in [4.69, 9.17) is 4.74 Å². The molecular weight excluding hydrogens is 361 g/mol. The van der Waals surface area contributed by atoms with Crippen LogP contribution >= 0.6 is 0 Å². The van der Waals surface area contributed by atoms with E-state index in [0.717, 1.165) is 16.7 Å². The Bertz CT molecular complexity index is 873. The molecule has 3 rings (SSSR count). The fourth-order valence-electron chi connectivity index (χ4n) is 3.61. The molecule has 2 aromatic carbocycles.